The molecule has 0 unspecified atom stereocenters. The molecule has 3 nitrogen and oxygen atoms in total. The van der Waals surface area contributed by atoms with Crippen molar-refractivity contribution in [3.05, 3.63) is 75.7 Å². The molecular formula is C22H22N2OS. The molecule has 0 radical (unpaired) electrons. The lowest BCUT2D eigenvalue weighted by Crippen LogP contribution is -2.24. The van der Waals surface area contributed by atoms with Gasteiger partial charge in [-0.25, -0.2) is 4.98 Å². The Bertz CT molecular complexity index is 910. The van der Waals surface area contributed by atoms with Gasteiger partial charge in [0.25, 0.3) is 0 Å². The first-order chi connectivity index (χ1) is 12.7. The molecule has 4 rings (SSSR count). The zero-order valence-electron chi connectivity index (χ0n) is 14.9. The minimum atomic E-state index is 0.0282. The number of nitrogens with zero attached hydrogens (tertiary/aromatic N) is 1. The first kappa shape index (κ1) is 17.0. The van der Waals surface area contributed by atoms with Crippen molar-refractivity contribution in [3.63, 3.8) is 0 Å². The van der Waals surface area contributed by atoms with Crippen LogP contribution in [0.1, 0.15) is 40.6 Å². The lowest BCUT2D eigenvalue weighted by molar-refractivity contribution is -0.120. The standard InChI is InChI=1S/C22H22N2OS/c1-15-3-2-4-19(11-15)17-7-5-16(6-8-17)13-23-21(25)12-20-14-26-22(24-20)18-9-10-18/h2-8,11,14,18H,9-10,12-13H2,1H3,(H,23,25). The molecule has 1 aromatic heterocycles. The Labute approximate surface area is 158 Å². The molecule has 4 heteroatoms. The number of amides is 1. The van der Waals surface area contributed by atoms with Crippen LogP contribution < -0.4 is 5.32 Å². The number of nitrogens with one attached hydrogen (secondary N) is 1. The quantitative estimate of drug-likeness (QED) is 0.681. The molecule has 1 aliphatic carbocycles. The summed E-state index contributed by atoms with van der Waals surface area (Å²) in [6, 6.07) is 16.8. The molecule has 1 saturated carbocycles. The number of rotatable bonds is 6. The molecule has 1 N–H and O–H groups in total. The van der Waals surface area contributed by atoms with Crippen molar-refractivity contribution < 1.29 is 4.79 Å². The first-order valence-corrected chi connectivity index (χ1v) is 9.92. The summed E-state index contributed by atoms with van der Waals surface area (Å²) in [5.74, 6) is 0.684. The maximum Gasteiger partial charge on any atom is 0.226 e. The van der Waals surface area contributed by atoms with Crippen LogP contribution in [0, 0.1) is 6.92 Å². The van der Waals surface area contributed by atoms with E-state index in [0.717, 1.165) is 11.3 Å². The molecular weight excluding hydrogens is 340 g/mol. The van der Waals surface area contributed by atoms with Gasteiger partial charge in [0.15, 0.2) is 0 Å². The van der Waals surface area contributed by atoms with Crippen molar-refractivity contribution in [1.29, 1.82) is 0 Å². The van der Waals surface area contributed by atoms with Gasteiger partial charge in [-0.2, -0.15) is 0 Å². The molecule has 1 aliphatic rings. The van der Waals surface area contributed by atoms with Crippen molar-refractivity contribution in [2.75, 3.05) is 0 Å². The minimum Gasteiger partial charge on any atom is -0.352 e. The largest absolute Gasteiger partial charge is 0.352 e. The first-order valence-electron chi connectivity index (χ1n) is 9.04. The third-order valence-corrected chi connectivity index (χ3v) is 5.69. The van der Waals surface area contributed by atoms with Crippen LogP contribution >= 0.6 is 11.3 Å². The highest BCUT2D eigenvalue weighted by molar-refractivity contribution is 7.09. The fourth-order valence-electron chi connectivity index (χ4n) is 2.99. The fraction of sp³-hybridized carbons (Fsp3) is 0.273. The van der Waals surface area contributed by atoms with E-state index in [1.807, 2.05) is 5.38 Å². The lowest BCUT2D eigenvalue weighted by atomic mass is 10.0. The van der Waals surface area contributed by atoms with Gasteiger partial charge >= 0.3 is 0 Å². The molecule has 2 aromatic carbocycles. The molecule has 1 amide bonds. The third-order valence-electron chi connectivity index (χ3n) is 4.63. The van der Waals surface area contributed by atoms with E-state index in [1.54, 1.807) is 11.3 Å². The van der Waals surface area contributed by atoms with Crippen molar-refractivity contribution in [1.82, 2.24) is 10.3 Å². The van der Waals surface area contributed by atoms with Gasteiger partial charge < -0.3 is 5.32 Å². The van der Waals surface area contributed by atoms with Crippen LogP contribution in [-0.2, 0) is 17.8 Å². The number of carbonyl (C=O) groups is 1. The van der Waals surface area contributed by atoms with Crippen LogP contribution in [0.2, 0.25) is 0 Å². The van der Waals surface area contributed by atoms with Gasteiger partial charge in [-0.15, -0.1) is 11.3 Å². The van der Waals surface area contributed by atoms with E-state index in [9.17, 15) is 4.79 Å². The zero-order valence-corrected chi connectivity index (χ0v) is 15.7. The van der Waals surface area contributed by atoms with E-state index in [-0.39, 0.29) is 5.91 Å². The molecule has 0 spiro atoms. The maximum absolute atomic E-state index is 12.2. The van der Waals surface area contributed by atoms with Gasteiger partial charge in [0.05, 0.1) is 17.1 Å². The molecule has 0 saturated heterocycles. The van der Waals surface area contributed by atoms with E-state index >= 15 is 0 Å². The van der Waals surface area contributed by atoms with E-state index < -0.39 is 0 Å². The summed E-state index contributed by atoms with van der Waals surface area (Å²) in [5, 5.41) is 6.21. The van der Waals surface area contributed by atoms with Crippen LogP contribution in [-0.4, -0.2) is 10.9 Å². The third kappa shape index (κ3) is 4.20. The van der Waals surface area contributed by atoms with Crippen LogP contribution in [0.5, 0.6) is 0 Å². The summed E-state index contributed by atoms with van der Waals surface area (Å²) < 4.78 is 0. The summed E-state index contributed by atoms with van der Waals surface area (Å²) in [4.78, 5) is 16.7. The monoisotopic (exact) mass is 362 g/mol. The number of carbonyl (C=O) groups excluding carboxylic acids is 1. The molecule has 3 aromatic rings. The summed E-state index contributed by atoms with van der Waals surface area (Å²) in [7, 11) is 0. The lowest BCUT2D eigenvalue weighted by Gasteiger charge is -2.07. The van der Waals surface area contributed by atoms with Gasteiger partial charge in [0.1, 0.15) is 0 Å². The highest BCUT2D eigenvalue weighted by Gasteiger charge is 2.26. The summed E-state index contributed by atoms with van der Waals surface area (Å²) in [6.07, 6.45) is 2.86. The van der Waals surface area contributed by atoms with Crippen LogP contribution in [0.4, 0.5) is 0 Å². The van der Waals surface area contributed by atoms with Crippen molar-refractivity contribution >= 4 is 17.2 Å². The molecule has 0 atom stereocenters. The van der Waals surface area contributed by atoms with Crippen molar-refractivity contribution in [2.45, 2.75) is 38.6 Å². The molecule has 1 fully saturated rings. The van der Waals surface area contributed by atoms with Crippen molar-refractivity contribution in [2.24, 2.45) is 0 Å². The Balaban J connectivity index is 1.31. The fourth-order valence-corrected chi connectivity index (χ4v) is 3.98. The number of hydrogen-bond acceptors (Lipinski definition) is 3. The number of aryl methyl sites for hydroxylation is 1. The highest BCUT2D eigenvalue weighted by atomic mass is 32.1. The van der Waals surface area contributed by atoms with E-state index in [0.29, 0.717) is 18.9 Å². The SMILES string of the molecule is Cc1cccc(-c2ccc(CNC(=O)Cc3csc(C4CC4)n3)cc2)c1. The average molecular weight is 362 g/mol. The molecule has 0 bridgehead atoms. The number of benzene rings is 2. The Kier molecular flexibility index (Phi) is 4.85. The molecule has 132 valence electrons. The number of thiazole rings is 1. The summed E-state index contributed by atoms with van der Waals surface area (Å²) in [5.41, 5.74) is 5.66. The second kappa shape index (κ2) is 7.42. The van der Waals surface area contributed by atoms with Gasteiger partial charge in [0.2, 0.25) is 5.91 Å². The minimum absolute atomic E-state index is 0.0282. The van der Waals surface area contributed by atoms with Crippen molar-refractivity contribution in [3.8, 4) is 11.1 Å². The van der Waals surface area contributed by atoms with Gasteiger partial charge in [0, 0.05) is 17.8 Å². The molecule has 1 heterocycles. The summed E-state index contributed by atoms with van der Waals surface area (Å²) in [6.45, 7) is 2.65. The topological polar surface area (TPSA) is 42.0 Å². The predicted molar refractivity (Wildman–Crippen MR) is 106 cm³/mol. The number of hydrogen-bond donors (Lipinski definition) is 1. The Morgan fingerprint density at radius 3 is 2.69 bits per heavy atom. The van der Waals surface area contributed by atoms with E-state index in [2.05, 4.69) is 65.8 Å². The van der Waals surface area contributed by atoms with Gasteiger partial charge in [-0.3, -0.25) is 4.79 Å². The van der Waals surface area contributed by atoms with Crippen LogP contribution in [0.15, 0.2) is 53.9 Å². The van der Waals surface area contributed by atoms with E-state index in [4.69, 9.17) is 0 Å². The van der Waals surface area contributed by atoms with Crippen LogP contribution in [0.3, 0.4) is 0 Å². The Morgan fingerprint density at radius 2 is 1.96 bits per heavy atom. The van der Waals surface area contributed by atoms with Gasteiger partial charge in [-0.1, -0.05) is 54.1 Å². The summed E-state index contributed by atoms with van der Waals surface area (Å²) >= 11 is 1.69. The normalized spacial score (nSPS) is 13.6. The Hall–Kier alpha value is -2.46. The smallest absolute Gasteiger partial charge is 0.226 e. The molecule has 26 heavy (non-hydrogen) atoms. The predicted octanol–water partition coefficient (Wildman–Crippen LogP) is 4.85. The van der Waals surface area contributed by atoms with Crippen LogP contribution in [0.25, 0.3) is 11.1 Å². The second-order valence-corrected chi connectivity index (χ2v) is 7.86. The second-order valence-electron chi connectivity index (χ2n) is 6.97. The van der Waals surface area contributed by atoms with Gasteiger partial charge in [-0.05, 0) is 36.5 Å². The molecule has 0 aliphatic heterocycles. The maximum atomic E-state index is 12.2. The number of aromatic nitrogens is 1. The average Bonchev–Trinajstić information content (AvgIpc) is 3.40. The zero-order chi connectivity index (χ0) is 17.9. The highest BCUT2D eigenvalue weighted by Crippen LogP contribution is 2.41. The van der Waals surface area contributed by atoms with E-state index in [1.165, 1.54) is 34.5 Å². The Morgan fingerprint density at radius 1 is 1.15 bits per heavy atom.